The van der Waals surface area contributed by atoms with Crippen LogP contribution in [-0.4, -0.2) is 42.5 Å². The summed E-state index contributed by atoms with van der Waals surface area (Å²) >= 11 is 0. The number of carbonyl (C=O) groups is 1. The average Bonchev–Trinajstić information content (AvgIpc) is 3.29. The smallest absolute Gasteiger partial charge is 0.255 e. The van der Waals surface area contributed by atoms with Crippen molar-refractivity contribution >= 4 is 15.9 Å². The first-order valence-electron chi connectivity index (χ1n) is 10.4. The molecule has 1 aromatic heterocycles. The van der Waals surface area contributed by atoms with E-state index in [0.29, 0.717) is 16.8 Å². The predicted octanol–water partition coefficient (Wildman–Crippen LogP) is 3.72. The van der Waals surface area contributed by atoms with Crippen molar-refractivity contribution in [1.29, 1.82) is 0 Å². The van der Waals surface area contributed by atoms with E-state index >= 15 is 0 Å². The van der Waals surface area contributed by atoms with Crippen molar-refractivity contribution in [3.05, 3.63) is 102 Å². The maximum atomic E-state index is 13.2. The lowest BCUT2D eigenvalue weighted by Gasteiger charge is -2.15. The Kier molecular flexibility index (Phi) is 6.39. The van der Waals surface area contributed by atoms with Crippen LogP contribution in [0.1, 0.15) is 15.9 Å². The van der Waals surface area contributed by atoms with Crippen LogP contribution in [0.3, 0.4) is 0 Å². The molecule has 0 aliphatic carbocycles. The summed E-state index contributed by atoms with van der Waals surface area (Å²) in [6, 6.07) is 25.7. The van der Waals surface area contributed by atoms with Crippen molar-refractivity contribution in [1.82, 2.24) is 19.4 Å². The zero-order valence-corrected chi connectivity index (χ0v) is 19.2. The highest BCUT2D eigenvalue weighted by Gasteiger charge is 2.22. The van der Waals surface area contributed by atoms with Crippen LogP contribution in [0.2, 0.25) is 0 Å². The van der Waals surface area contributed by atoms with Gasteiger partial charge in [-0.3, -0.25) is 4.79 Å². The van der Waals surface area contributed by atoms with Gasteiger partial charge in [-0.25, -0.2) is 17.4 Å². The van der Waals surface area contributed by atoms with Crippen LogP contribution in [0, 0.1) is 0 Å². The van der Waals surface area contributed by atoms with Crippen LogP contribution in [0.25, 0.3) is 16.9 Å². The van der Waals surface area contributed by atoms with Crippen LogP contribution >= 0.6 is 0 Å². The van der Waals surface area contributed by atoms with E-state index in [2.05, 4.69) is 10.4 Å². The highest BCUT2D eigenvalue weighted by atomic mass is 32.2. The zero-order valence-electron chi connectivity index (χ0n) is 18.3. The van der Waals surface area contributed by atoms with Gasteiger partial charge in [-0.05, 0) is 23.8 Å². The van der Waals surface area contributed by atoms with Crippen molar-refractivity contribution in [2.45, 2.75) is 11.4 Å². The number of amides is 1. The molecule has 1 heterocycles. The van der Waals surface area contributed by atoms with E-state index in [0.717, 1.165) is 15.6 Å². The second-order valence-electron chi connectivity index (χ2n) is 7.62. The Morgan fingerprint density at radius 3 is 2.18 bits per heavy atom. The van der Waals surface area contributed by atoms with E-state index in [1.807, 2.05) is 60.7 Å². The Labute approximate surface area is 193 Å². The van der Waals surface area contributed by atoms with Gasteiger partial charge in [-0.2, -0.15) is 5.10 Å². The topological polar surface area (TPSA) is 84.3 Å². The Bertz CT molecular complexity index is 1370. The lowest BCUT2D eigenvalue weighted by molar-refractivity contribution is 0.0951. The Morgan fingerprint density at radius 2 is 1.52 bits per heavy atom. The number of carbonyl (C=O) groups excluding carboxylic acids is 1. The van der Waals surface area contributed by atoms with Crippen LogP contribution in [0.15, 0.2) is 96.0 Å². The maximum Gasteiger partial charge on any atom is 0.255 e. The lowest BCUT2D eigenvalue weighted by atomic mass is 10.1. The molecule has 0 aliphatic rings. The molecule has 0 fully saturated rings. The third-order valence-corrected chi connectivity index (χ3v) is 7.11. The number of para-hydroxylation sites is 1. The van der Waals surface area contributed by atoms with Gasteiger partial charge in [-0.1, -0.05) is 66.7 Å². The average molecular weight is 461 g/mol. The largest absolute Gasteiger partial charge is 0.348 e. The SMILES string of the molecule is CN(C)S(=O)(=O)c1ccccc1CNC(=O)c1cn(-c2ccccc2)nc1-c1ccccc1. The maximum absolute atomic E-state index is 13.2. The highest BCUT2D eigenvalue weighted by Crippen LogP contribution is 2.24. The molecule has 0 radical (unpaired) electrons. The summed E-state index contributed by atoms with van der Waals surface area (Å²) in [5, 5.41) is 7.53. The zero-order chi connectivity index (χ0) is 23.4. The third-order valence-electron chi connectivity index (χ3n) is 5.20. The van der Waals surface area contributed by atoms with Gasteiger partial charge >= 0.3 is 0 Å². The summed E-state index contributed by atoms with van der Waals surface area (Å²) in [6.45, 7) is 0.0623. The molecule has 33 heavy (non-hydrogen) atoms. The predicted molar refractivity (Wildman–Crippen MR) is 127 cm³/mol. The standard InChI is InChI=1S/C25H24N4O3S/c1-28(2)33(31,32)23-16-10-9-13-20(23)17-26-25(30)22-18-29(21-14-7-4-8-15-21)27-24(22)19-11-5-3-6-12-19/h3-16,18H,17H2,1-2H3,(H,26,30). The number of nitrogens with zero attached hydrogens (tertiary/aromatic N) is 3. The molecule has 0 bridgehead atoms. The molecule has 3 aromatic carbocycles. The number of hydrogen-bond donors (Lipinski definition) is 1. The van der Waals surface area contributed by atoms with E-state index in [9.17, 15) is 13.2 Å². The molecule has 1 amide bonds. The van der Waals surface area contributed by atoms with Crippen molar-refractivity contribution in [2.75, 3.05) is 14.1 Å². The van der Waals surface area contributed by atoms with E-state index in [1.165, 1.54) is 14.1 Å². The molecule has 4 aromatic rings. The fourth-order valence-electron chi connectivity index (χ4n) is 3.43. The summed E-state index contributed by atoms with van der Waals surface area (Å²) < 4.78 is 28.2. The minimum Gasteiger partial charge on any atom is -0.348 e. The van der Waals surface area contributed by atoms with Gasteiger partial charge in [0.15, 0.2) is 0 Å². The molecule has 7 nitrogen and oxygen atoms in total. The van der Waals surface area contributed by atoms with Gasteiger partial charge in [0.1, 0.15) is 5.69 Å². The Morgan fingerprint density at radius 1 is 0.909 bits per heavy atom. The lowest BCUT2D eigenvalue weighted by Crippen LogP contribution is -2.27. The number of hydrogen-bond acceptors (Lipinski definition) is 4. The van der Waals surface area contributed by atoms with Gasteiger partial charge < -0.3 is 5.32 Å². The number of aromatic nitrogens is 2. The molecule has 8 heteroatoms. The van der Waals surface area contributed by atoms with Gasteiger partial charge in [-0.15, -0.1) is 0 Å². The molecule has 0 unspecified atom stereocenters. The van der Waals surface area contributed by atoms with Crippen molar-refractivity contribution in [3.63, 3.8) is 0 Å². The highest BCUT2D eigenvalue weighted by molar-refractivity contribution is 7.89. The van der Waals surface area contributed by atoms with Crippen LogP contribution < -0.4 is 5.32 Å². The summed E-state index contributed by atoms with van der Waals surface area (Å²) in [6.07, 6.45) is 1.69. The minimum atomic E-state index is -3.64. The second-order valence-corrected chi connectivity index (χ2v) is 9.74. The van der Waals surface area contributed by atoms with E-state index in [-0.39, 0.29) is 17.3 Å². The van der Waals surface area contributed by atoms with Gasteiger partial charge in [0, 0.05) is 32.4 Å². The summed E-state index contributed by atoms with van der Waals surface area (Å²) in [5.74, 6) is -0.340. The summed E-state index contributed by atoms with van der Waals surface area (Å²) in [5.41, 5.74) is 3.10. The van der Waals surface area contributed by atoms with Gasteiger partial charge in [0.2, 0.25) is 10.0 Å². The normalized spacial score (nSPS) is 11.5. The van der Waals surface area contributed by atoms with Crippen molar-refractivity contribution in [2.24, 2.45) is 0 Å². The van der Waals surface area contributed by atoms with Gasteiger partial charge in [0.25, 0.3) is 5.91 Å². The number of nitrogens with one attached hydrogen (secondary N) is 1. The quantitative estimate of drug-likeness (QED) is 0.456. The molecule has 0 spiro atoms. The van der Waals surface area contributed by atoms with E-state index in [1.54, 1.807) is 35.1 Å². The molecule has 0 atom stereocenters. The summed E-state index contributed by atoms with van der Waals surface area (Å²) in [4.78, 5) is 13.4. The first kappa shape index (κ1) is 22.4. The fourth-order valence-corrected chi connectivity index (χ4v) is 4.55. The van der Waals surface area contributed by atoms with E-state index < -0.39 is 10.0 Å². The Balaban J connectivity index is 1.67. The molecule has 1 N–H and O–H groups in total. The van der Waals surface area contributed by atoms with Crippen molar-refractivity contribution in [3.8, 4) is 16.9 Å². The summed E-state index contributed by atoms with van der Waals surface area (Å²) in [7, 11) is -0.676. The molecule has 0 saturated heterocycles. The second kappa shape index (κ2) is 9.40. The third kappa shape index (κ3) is 4.72. The molecule has 0 saturated carbocycles. The molecule has 4 rings (SSSR count). The molecule has 168 valence electrons. The minimum absolute atomic E-state index is 0.0623. The monoisotopic (exact) mass is 460 g/mol. The van der Waals surface area contributed by atoms with Crippen LogP contribution in [-0.2, 0) is 16.6 Å². The number of sulfonamides is 1. The van der Waals surface area contributed by atoms with Crippen LogP contribution in [0.5, 0.6) is 0 Å². The first-order valence-corrected chi connectivity index (χ1v) is 11.8. The van der Waals surface area contributed by atoms with E-state index in [4.69, 9.17) is 0 Å². The van der Waals surface area contributed by atoms with Crippen molar-refractivity contribution < 1.29 is 13.2 Å². The van der Waals surface area contributed by atoms with Gasteiger partial charge in [0.05, 0.1) is 16.1 Å². The number of rotatable bonds is 7. The first-order chi connectivity index (χ1) is 15.9. The van der Waals surface area contributed by atoms with Crippen LogP contribution in [0.4, 0.5) is 0 Å². The molecular weight excluding hydrogens is 436 g/mol. The molecular formula is C25H24N4O3S. The molecule has 0 aliphatic heterocycles. The fraction of sp³-hybridized carbons (Fsp3) is 0.120. The Hall–Kier alpha value is -3.75. The number of benzene rings is 3.